The number of aromatic nitrogens is 1. The molecule has 0 bridgehead atoms. The molecule has 0 aliphatic carbocycles. The normalized spacial score (nSPS) is 16.1. The second-order valence-corrected chi connectivity index (χ2v) is 7.07. The van der Waals surface area contributed by atoms with Gasteiger partial charge in [0, 0.05) is 18.0 Å². The third kappa shape index (κ3) is 3.03. The summed E-state index contributed by atoms with van der Waals surface area (Å²) in [6.07, 6.45) is 2.35. The van der Waals surface area contributed by atoms with Gasteiger partial charge >= 0.3 is 0 Å². The molecular formula is C14H18N4OS2. The monoisotopic (exact) mass is 322 g/mol. The van der Waals surface area contributed by atoms with Crippen molar-refractivity contribution in [1.29, 1.82) is 0 Å². The molecule has 2 aromatic heterocycles. The Morgan fingerprint density at radius 2 is 2.24 bits per heavy atom. The van der Waals surface area contributed by atoms with Crippen LogP contribution in [0.4, 0.5) is 10.9 Å². The third-order valence-corrected chi connectivity index (χ3v) is 5.73. The van der Waals surface area contributed by atoms with Gasteiger partial charge in [0.25, 0.3) is 5.91 Å². The van der Waals surface area contributed by atoms with Crippen LogP contribution in [-0.2, 0) is 0 Å². The van der Waals surface area contributed by atoms with Crippen LogP contribution in [0.1, 0.15) is 40.4 Å². The van der Waals surface area contributed by atoms with Gasteiger partial charge in [-0.15, -0.1) is 11.3 Å². The highest BCUT2D eigenvalue weighted by atomic mass is 32.1. The number of anilines is 2. The molecule has 1 aliphatic rings. The van der Waals surface area contributed by atoms with Crippen molar-refractivity contribution in [3.8, 4) is 0 Å². The lowest BCUT2D eigenvalue weighted by Gasteiger charge is -2.12. The molecule has 2 aromatic rings. The van der Waals surface area contributed by atoms with E-state index in [9.17, 15) is 4.79 Å². The van der Waals surface area contributed by atoms with Gasteiger partial charge in [-0.05, 0) is 31.2 Å². The fraction of sp³-hybridized carbons (Fsp3) is 0.429. The number of thiophene rings is 1. The largest absolute Gasteiger partial charge is 0.382 e. The van der Waals surface area contributed by atoms with E-state index in [1.54, 1.807) is 11.3 Å². The predicted molar refractivity (Wildman–Crippen MR) is 88.2 cm³/mol. The Kier molecular flexibility index (Phi) is 4.12. The number of rotatable bonds is 4. The first-order valence-corrected chi connectivity index (χ1v) is 8.70. The molecule has 21 heavy (non-hydrogen) atoms. The summed E-state index contributed by atoms with van der Waals surface area (Å²) in [5.41, 5.74) is 5.92. The van der Waals surface area contributed by atoms with E-state index < -0.39 is 0 Å². The maximum Gasteiger partial charge on any atom is 0.265 e. The van der Waals surface area contributed by atoms with Crippen LogP contribution in [0.3, 0.4) is 0 Å². The van der Waals surface area contributed by atoms with Crippen LogP contribution in [-0.4, -0.2) is 24.0 Å². The van der Waals surface area contributed by atoms with Gasteiger partial charge in [-0.1, -0.05) is 17.4 Å². The first-order valence-electron chi connectivity index (χ1n) is 7.00. The van der Waals surface area contributed by atoms with E-state index in [1.807, 2.05) is 24.4 Å². The summed E-state index contributed by atoms with van der Waals surface area (Å²) < 4.78 is 0. The molecule has 1 aliphatic heterocycles. The summed E-state index contributed by atoms with van der Waals surface area (Å²) in [7, 11) is 0. The molecule has 0 saturated carbocycles. The smallest absolute Gasteiger partial charge is 0.265 e. The fourth-order valence-electron chi connectivity index (χ4n) is 2.40. The number of hydrogen-bond acceptors (Lipinski definition) is 6. The van der Waals surface area contributed by atoms with Crippen LogP contribution in [0.15, 0.2) is 17.5 Å². The number of carbonyl (C=O) groups is 1. The summed E-state index contributed by atoms with van der Waals surface area (Å²) in [5.74, 6) is 0.189. The summed E-state index contributed by atoms with van der Waals surface area (Å²) in [5, 5.41) is 5.85. The predicted octanol–water partition coefficient (Wildman–Crippen LogP) is 2.88. The quantitative estimate of drug-likeness (QED) is 0.908. The number of thiazole rings is 1. The summed E-state index contributed by atoms with van der Waals surface area (Å²) in [4.78, 5) is 20.6. The number of carbonyl (C=O) groups excluding carboxylic acids is 1. The van der Waals surface area contributed by atoms with Crippen molar-refractivity contribution >= 4 is 39.5 Å². The maximum absolute atomic E-state index is 12.4. The lowest BCUT2D eigenvalue weighted by atomic mass is 10.2. The number of hydrogen-bond donors (Lipinski definition) is 2. The Morgan fingerprint density at radius 1 is 1.48 bits per heavy atom. The van der Waals surface area contributed by atoms with Gasteiger partial charge in [0.1, 0.15) is 10.7 Å². The average molecular weight is 322 g/mol. The van der Waals surface area contributed by atoms with Crippen molar-refractivity contribution < 1.29 is 4.79 Å². The number of nitrogens with zero attached hydrogens (tertiary/aromatic N) is 2. The van der Waals surface area contributed by atoms with E-state index in [-0.39, 0.29) is 11.9 Å². The Balaban J connectivity index is 1.72. The van der Waals surface area contributed by atoms with Crippen LogP contribution >= 0.6 is 22.7 Å². The minimum absolute atomic E-state index is 0.0192. The number of nitrogens with one attached hydrogen (secondary N) is 1. The Labute approximate surface area is 131 Å². The van der Waals surface area contributed by atoms with Crippen molar-refractivity contribution in [2.45, 2.75) is 25.8 Å². The third-order valence-electron chi connectivity index (χ3n) is 3.54. The molecule has 3 N–H and O–H groups in total. The van der Waals surface area contributed by atoms with Gasteiger partial charge in [0.15, 0.2) is 5.13 Å². The SMILES string of the molecule is CC(NC(=O)c1sc(N2CCCC2)nc1N)c1cccs1. The molecule has 112 valence electrons. The fourth-order valence-corrected chi connectivity index (χ4v) is 4.07. The summed E-state index contributed by atoms with van der Waals surface area (Å²) in [6, 6.07) is 3.98. The Bertz CT molecular complexity index is 617. The summed E-state index contributed by atoms with van der Waals surface area (Å²) >= 11 is 3.02. The Hall–Kier alpha value is -1.60. The van der Waals surface area contributed by atoms with Gasteiger partial charge in [-0.2, -0.15) is 0 Å². The molecule has 0 aromatic carbocycles. The molecule has 5 nitrogen and oxygen atoms in total. The van der Waals surface area contributed by atoms with Crippen molar-refractivity contribution in [3.05, 3.63) is 27.3 Å². The molecule has 1 fully saturated rings. The van der Waals surface area contributed by atoms with Crippen molar-refractivity contribution in [2.75, 3.05) is 23.7 Å². The van der Waals surface area contributed by atoms with Crippen LogP contribution < -0.4 is 16.0 Å². The molecule has 3 rings (SSSR count). The van der Waals surface area contributed by atoms with E-state index in [0.29, 0.717) is 10.7 Å². The topological polar surface area (TPSA) is 71.2 Å². The Morgan fingerprint density at radius 3 is 2.90 bits per heavy atom. The zero-order chi connectivity index (χ0) is 14.8. The second-order valence-electron chi connectivity index (χ2n) is 5.12. The lowest BCUT2D eigenvalue weighted by molar-refractivity contribution is 0.0945. The molecule has 7 heteroatoms. The number of amides is 1. The zero-order valence-electron chi connectivity index (χ0n) is 11.8. The minimum atomic E-state index is -0.142. The molecular weight excluding hydrogens is 304 g/mol. The molecule has 1 atom stereocenters. The maximum atomic E-state index is 12.4. The van der Waals surface area contributed by atoms with Crippen molar-refractivity contribution in [2.24, 2.45) is 0 Å². The minimum Gasteiger partial charge on any atom is -0.382 e. The second kappa shape index (κ2) is 6.03. The highest BCUT2D eigenvalue weighted by molar-refractivity contribution is 7.18. The molecule has 1 saturated heterocycles. The molecule has 1 unspecified atom stereocenters. The van der Waals surface area contributed by atoms with Crippen LogP contribution in [0.2, 0.25) is 0 Å². The van der Waals surface area contributed by atoms with Gasteiger partial charge < -0.3 is 16.0 Å². The number of nitrogens with two attached hydrogens (primary N) is 1. The van der Waals surface area contributed by atoms with Crippen molar-refractivity contribution in [3.63, 3.8) is 0 Å². The van der Waals surface area contributed by atoms with E-state index in [0.717, 1.165) is 23.1 Å². The van der Waals surface area contributed by atoms with Gasteiger partial charge in [-0.25, -0.2) is 4.98 Å². The van der Waals surface area contributed by atoms with Gasteiger partial charge in [0.05, 0.1) is 6.04 Å². The van der Waals surface area contributed by atoms with E-state index in [2.05, 4.69) is 15.2 Å². The molecule has 0 radical (unpaired) electrons. The first-order chi connectivity index (χ1) is 10.1. The van der Waals surface area contributed by atoms with E-state index in [4.69, 9.17) is 5.73 Å². The van der Waals surface area contributed by atoms with Crippen LogP contribution in [0.5, 0.6) is 0 Å². The van der Waals surface area contributed by atoms with Crippen LogP contribution in [0.25, 0.3) is 0 Å². The molecule has 1 amide bonds. The summed E-state index contributed by atoms with van der Waals surface area (Å²) in [6.45, 7) is 3.97. The highest BCUT2D eigenvalue weighted by Gasteiger charge is 2.22. The standard InChI is InChI=1S/C14H18N4OS2/c1-9(10-5-4-8-20-10)16-13(19)11-12(15)17-14(21-11)18-6-2-3-7-18/h4-5,8-9H,2-3,6-7,15H2,1H3,(H,16,19). The lowest BCUT2D eigenvalue weighted by Crippen LogP contribution is -2.26. The zero-order valence-corrected chi connectivity index (χ0v) is 13.5. The number of nitrogen functional groups attached to an aromatic ring is 1. The van der Waals surface area contributed by atoms with Gasteiger partial charge in [-0.3, -0.25) is 4.79 Å². The van der Waals surface area contributed by atoms with E-state index >= 15 is 0 Å². The van der Waals surface area contributed by atoms with Gasteiger partial charge in [0.2, 0.25) is 0 Å². The average Bonchev–Trinajstić information content (AvgIpc) is 3.20. The van der Waals surface area contributed by atoms with Crippen molar-refractivity contribution in [1.82, 2.24) is 10.3 Å². The molecule has 3 heterocycles. The van der Waals surface area contributed by atoms with E-state index in [1.165, 1.54) is 24.2 Å². The van der Waals surface area contributed by atoms with Crippen LogP contribution in [0, 0.1) is 0 Å². The highest BCUT2D eigenvalue weighted by Crippen LogP contribution is 2.30. The molecule has 0 spiro atoms. The first kappa shape index (κ1) is 14.3.